The Morgan fingerprint density at radius 3 is 2.80 bits per heavy atom. The topological polar surface area (TPSA) is 35.2 Å². The average Bonchev–Trinajstić information content (AvgIpc) is 2.23. The third kappa shape index (κ3) is 4.54. The van der Waals surface area contributed by atoms with Gasteiger partial charge in [-0.05, 0) is 24.1 Å². The Hall–Kier alpha value is -0.730. The lowest BCUT2D eigenvalue weighted by atomic mass is 10.2. The summed E-state index contributed by atoms with van der Waals surface area (Å²) >= 11 is 5.82. The minimum absolute atomic E-state index is 0.602. The number of halogens is 1. The molecule has 0 saturated heterocycles. The maximum Gasteiger partial charge on any atom is 0.0717 e. The van der Waals surface area contributed by atoms with Crippen LogP contribution in [0.3, 0.4) is 0 Å². The number of hydrogen-bond acceptors (Lipinski definition) is 2. The summed E-state index contributed by atoms with van der Waals surface area (Å²) < 4.78 is 5.52. The molecule has 0 saturated carbocycles. The van der Waals surface area contributed by atoms with Gasteiger partial charge in [-0.3, -0.25) is 0 Å². The largest absolute Gasteiger partial charge is 0.398 e. The summed E-state index contributed by atoms with van der Waals surface area (Å²) in [5.41, 5.74) is 7.38. The zero-order valence-electron chi connectivity index (χ0n) is 9.13. The van der Waals surface area contributed by atoms with Gasteiger partial charge in [0.05, 0.1) is 17.3 Å². The second-order valence-corrected chi connectivity index (χ2v) is 4.02. The Bertz CT molecular complexity index is 302. The first-order valence-corrected chi connectivity index (χ1v) is 5.73. The fourth-order valence-corrected chi connectivity index (χ4v) is 1.44. The van der Waals surface area contributed by atoms with Crippen molar-refractivity contribution in [3.8, 4) is 0 Å². The van der Waals surface area contributed by atoms with Crippen molar-refractivity contribution in [2.75, 3.05) is 12.3 Å². The van der Waals surface area contributed by atoms with Gasteiger partial charge in [0.25, 0.3) is 0 Å². The molecule has 0 radical (unpaired) electrons. The van der Waals surface area contributed by atoms with Crippen LogP contribution in [0.1, 0.15) is 31.7 Å². The van der Waals surface area contributed by atoms with E-state index in [1.807, 2.05) is 18.2 Å². The van der Waals surface area contributed by atoms with E-state index in [1.54, 1.807) is 0 Å². The van der Waals surface area contributed by atoms with Crippen LogP contribution in [-0.2, 0) is 11.3 Å². The van der Waals surface area contributed by atoms with E-state index in [9.17, 15) is 0 Å². The molecule has 2 nitrogen and oxygen atoms in total. The van der Waals surface area contributed by atoms with Crippen molar-refractivity contribution < 1.29 is 4.74 Å². The molecule has 0 aliphatic carbocycles. The lowest BCUT2D eigenvalue weighted by Crippen LogP contribution is -1.96. The van der Waals surface area contributed by atoms with Crippen molar-refractivity contribution in [1.82, 2.24) is 0 Å². The van der Waals surface area contributed by atoms with E-state index in [0.717, 1.165) is 18.6 Å². The SMILES string of the molecule is CCCCCOCc1ccc(Cl)c(N)c1. The maximum absolute atomic E-state index is 5.82. The number of nitrogens with two attached hydrogens (primary N) is 1. The highest BCUT2D eigenvalue weighted by molar-refractivity contribution is 6.33. The number of unbranched alkanes of at least 4 members (excludes halogenated alkanes) is 2. The predicted molar refractivity (Wildman–Crippen MR) is 65.0 cm³/mol. The fraction of sp³-hybridized carbons (Fsp3) is 0.500. The Kier molecular flexibility index (Phi) is 5.51. The number of hydrogen-bond donors (Lipinski definition) is 1. The van der Waals surface area contributed by atoms with Gasteiger partial charge in [-0.25, -0.2) is 0 Å². The first-order chi connectivity index (χ1) is 7.24. The molecule has 0 unspecified atom stereocenters. The van der Waals surface area contributed by atoms with E-state index >= 15 is 0 Å². The van der Waals surface area contributed by atoms with Gasteiger partial charge in [0.15, 0.2) is 0 Å². The van der Waals surface area contributed by atoms with E-state index in [0.29, 0.717) is 17.3 Å². The number of nitrogen functional groups attached to an aromatic ring is 1. The van der Waals surface area contributed by atoms with Gasteiger partial charge < -0.3 is 10.5 Å². The molecule has 15 heavy (non-hydrogen) atoms. The molecule has 0 fully saturated rings. The molecule has 0 amide bonds. The van der Waals surface area contributed by atoms with E-state index in [-0.39, 0.29) is 0 Å². The van der Waals surface area contributed by atoms with Gasteiger partial charge in [-0.1, -0.05) is 37.4 Å². The minimum atomic E-state index is 0.602. The second-order valence-electron chi connectivity index (χ2n) is 3.62. The zero-order valence-corrected chi connectivity index (χ0v) is 9.89. The second kappa shape index (κ2) is 6.70. The molecular weight excluding hydrogens is 210 g/mol. The highest BCUT2D eigenvalue weighted by Gasteiger charge is 1.98. The van der Waals surface area contributed by atoms with Crippen molar-refractivity contribution in [3.05, 3.63) is 28.8 Å². The zero-order chi connectivity index (χ0) is 11.1. The van der Waals surface area contributed by atoms with E-state index in [4.69, 9.17) is 22.1 Å². The third-order valence-electron chi connectivity index (χ3n) is 2.22. The first-order valence-electron chi connectivity index (χ1n) is 5.35. The van der Waals surface area contributed by atoms with Crippen molar-refractivity contribution in [2.45, 2.75) is 32.8 Å². The number of ether oxygens (including phenoxy) is 1. The molecule has 3 heteroatoms. The Morgan fingerprint density at radius 1 is 1.33 bits per heavy atom. The first kappa shape index (κ1) is 12.3. The van der Waals surface area contributed by atoms with Crippen LogP contribution in [0.2, 0.25) is 5.02 Å². The summed E-state index contributed by atoms with van der Waals surface area (Å²) in [6, 6.07) is 5.61. The van der Waals surface area contributed by atoms with Gasteiger partial charge in [0.2, 0.25) is 0 Å². The van der Waals surface area contributed by atoms with Crippen molar-refractivity contribution >= 4 is 17.3 Å². The number of rotatable bonds is 6. The van der Waals surface area contributed by atoms with Crippen molar-refractivity contribution in [1.29, 1.82) is 0 Å². The van der Waals surface area contributed by atoms with Gasteiger partial charge in [-0.15, -0.1) is 0 Å². The fourth-order valence-electron chi connectivity index (χ4n) is 1.33. The van der Waals surface area contributed by atoms with Gasteiger partial charge in [0.1, 0.15) is 0 Å². The lowest BCUT2D eigenvalue weighted by molar-refractivity contribution is 0.117. The van der Waals surface area contributed by atoms with Gasteiger partial charge >= 0.3 is 0 Å². The van der Waals surface area contributed by atoms with Crippen LogP contribution in [0.15, 0.2) is 18.2 Å². The number of anilines is 1. The smallest absolute Gasteiger partial charge is 0.0717 e. The molecule has 0 aliphatic heterocycles. The molecular formula is C12H18ClNO. The monoisotopic (exact) mass is 227 g/mol. The van der Waals surface area contributed by atoms with Gasteiger partial charge in [0, 0.05) is 6.61 Å². The minimum Gasteiger partial charge on any atom is -0.398 e. The Balaban J connectivity index is 2.28. The normalized spacial score (nSPS) is 10.5. The molecule has 84 valence electrons. The Morgan fingerprint density at radius 2 is 2.13 bits per heavy atom. The lowest BCUT2D eigenvalue weighted by Gasteiger charge is -2.05. The predicted octanol–water partition coefficient (Wildman–Crippen LogP) is 3.63. The molecule has 0 bridgehead atoms. The average molecular weight is 228 g/mol. The molecule has 0 atom stereocenters. The Labute approximate surface area is 96.4 Å². The molecule has 2 N–H and O–H groups in total. The van der Waals surface area contributed by atoms with Crippen LogP contribution in [-0.4, -0.2) is 6.61 Å². The van der Waals surface area contributed by atoms with Crippen LogP contribution in [0.4, 0.5) is 5.69 Å². The maximum atomic E-state index is 5.82. The summed E-state index contributed by atoms with van der Waals surface area (Å²) in [6.45, 7) is 3.61. The molecule has 0 aliphatic rings. The summed E-state index contributed by atoms with van der Waals surface area (Å²) in [5.74, 6) is 0. The van der Waals surface area contributed by atoms with E-state index in [1.165, 1.54) is 12.8 Å². The summed E-state index contributed by atoms with van der Waals surface area (Å²) in [6.07, 6.45) is 3.57. The highest BCUT2D eigenvalue weighted by Crippen LogP contribution is 2.19. The quantitative estimate of drug-likeness (QED) is 0.595. The molecule has 0 aromatic heterocycles. The molecule has 1 rings (SSSR count). The number of benzene rings is 1. The molecule has 0 heterocycles. The van der Waals surface area contributed by atoms with Gasteiger partial charge in [-0.2, -0.15) is 0 Å². The van der Waals surface area contributed by atoms with Crippen LogP contribution >= 0.6 is 11.6 Å². The van der Waals surface area contributed by atoms with Crippen molar-refractivity contribution in [2.24, 2.45) is 0 Å². The molecule has 1 aromatic rings. The van der Waals surface area contributed by atoms with Crippen LogP contribution in [0, 0.1) is 0 Å². The van der Waals surface area contributed by atoms with E-state index in [2.05, 4.69) is 6.92 Å². The van der Waals surface area contributed by atoms with Crippen molar-refractivity contribution in [3.63, 3.8) is 0 Å². The van der Waals surface area contributed by atoms with E-state index < -0.39 is 0 Å². The summed E-state index contributed by atoms with van der Waals surface area (Å²) in [5, 5.41) is 0.602. The standard InChI is InChI=1S/C12H18ClNO/c1-2-3-4-7-15-9-10-5-6-11(13)12(14)8-10/h5-6,8H,2-4,7,9,14H2,1H3. The molecule has 0 spiro atoms. The highest BCUT2D eigenvalue weighted by atomic mass is 35.5. The third-order valence-corrected chi connectivity index (χ3v) is 2.57. The summed E-state index contributed by atoms with van der Waals surface area (Å²) in [4.78, 5) is 0. The molecule has 1 aromatic carbocycles. The van der Waals surface area contributed by atoms with Crippen LogP contribution < -0.4 is 5.73 Å². The summed E-state index contributed by atoms with van der Waals surface area (Å²) in [7, 11) is 0. The van der Waals surface area contributed by atoms with Crippen LogP contribution in [0.25, 0.3) is 0 Å². The van der Waals surface area contributed by atoms with Crippen LogP contribution in [0.5, 0.6) is 0 Å².